The first kappa shape index (κ1) is 18.7. The van der Waals surface area contributed by atoms with E-state index in [1.54, 1.807) is 0 Å². The molecule has 1 aromatic rings. The van der Waals surface area contributed by atoms with Crippen LogP contribution in [-0.2, 0) is 4.79 Å². The highest BCUT2D eigenvalue weighted by molar-refractivity contribution is 5.79. The molecule has 27 heavy (non-hydrogen) atoms. The van der Waals surface area contributed by atoms with Crippen LogP contribution in [0.5, 0.6) is 0 Å². The Morgan fingerprint density at radius 2 is 1.89 bits per heavy atom. The zero-order chi connectivity index (χ0) is 19.0. The van der Waals surface area contributed by atoms with E-state index in [9.17, 15) is 4.79 Å². The number of nitrogens with zero attached hydrogens (tertiary/aromatic N) is 4. The third-order valence-electron chi connectivity index (χ3n) is 6.86. The summed E-state index contributed by atoms with van der Waals surface area (Å²) in [5.41, 5.74) is 1.61. The number of likely N-dealkylation sites (tertiary alicyclic amines) is 2. The Bertz CT molecular complexity index is 649. The summed E-state index contributed by atoms with van der Waals surface area (Å²) in [6.45, 7) is 13.4. The summed E-state index contributed by atoms with van der Waals surface area (Å²) in [5, 5.41) is 0. The first-order chi connectivity index (χ1) is 13.0. The number of anilines is 1. The van der Waals surface area contributed by atoms with Crippen LogP contribution in [0, 0.1) is 11.3 Å². The molecular weight excluding hydrogens is 336 g/mol. The molecule has 0 radical (unpaired) electrons. The Hall–Kier alpha value is -1.62. The lowest BCUT2D eigenvalue weighted by atomic mass is 9.72. The van der Waals surface area contributed by atoms with Crippen LogP contribution in [-0.4, -0.2) is 66.5 Å². The van der Waals surface area contributed by atoms with Gasteiger partial charge in [-0.15, -0.1) is 0 Å². The van der Waals surface area contributed by atoms with E-state index in [2.05, 4.69) is 52.6 Å². The van der Waals surface area contributed by atoms with Crippen LogP contribution in [0.25, 0.3) is 0 Å². The van der Waals surface area contributed by atoms with Crippen LogP contribution in [0.15, 0.2) is 18.3 Å². The fraction of sp³-hybridized carbons (Fsp3) is 0.727. The highest BCUT2D eigenvalue weighted by atomic mass is 16.2. The minimum Gasteiger partial charge on any atom is -0.355 e. The van der Waals surface area contributed by atoms with Gasteiger partial charge in [0.25, 0.3) is 0 Å². The second kappa shape index (κ2) is 7.42. The maximum Gasteiger partial charge on any atom is 0.236 e. The third-order valence-corrected chi connectivity index (χ3v) is 6.86. The molecule has 3 saturated heterocycles. The van der Waals surface area contributed by atoms with Crippen molar-refractivity contribution < 1.29 is 4.79 Å². The molecule has 1 spiro atoms. The lowest BCUT2D eigenvalue weighted by Gasteiger charge is -2.60. The number of rotatable bonds is 5. The van der Waals surface area contributed by atoms with Gasteiger partial charge in [0.1, 0.15) is 5.82 Å². The molecule has 1 amide bonds. The highest BCUT2D eigenvalue weighted by Crippen LogP contribution is 2.41. The van der Waals surface area contributed by atoms with Gasteiger partial charge >= 0.3 is 0 Å². The minimum atomic E-state index is 0.323. The van der Waals surface area contributed by atoms with Crippen molar-refractivity contribution >= 4 is 11.7 Å². The molecule has 3 aliphatic heterocycles. The SMILES string of the molecule is CCC1CCN(CC(=O)N2CC3(C2)CN(c2ccc(C(C)C)cn2)C3)CC1. The Balaban J connectivity index is 1.20. The summed E-state index contributed by atoms with van der Waals surface area (Å²) < 4.78 is 0. The quantitative estimate of drug-likeness (QED) is 0.799. The molecular formula is C22H34N4O. The second-order valence-electron chi connectivity index (χ2n) is 9.34. The molecule has 148 valence electrons. The predicted octanol–water partition coefficient (Wildman–Crippen LogP) is 2.98. The molecule has 3 aliphatic rings. The van der Waals surface area contributed by atoms with Crippen molar-refractivity contribution in [2.45, 2.75) is 46.0 Å². The molecule has 0 unspecified atom stereocenters. The second-order valence-corrected chi connectivity index (χ2v) is 9.34. The van der Waals surface area contributed by atoms with Crippen molar-refractivity contribution in [3.8, 4) is 0 Å². The topological polar surface area (TPSA) is 39.7 Å². The number of amides is 1. The normalized spacial score (nSPS) is 22.8. The van der Waals surface area contributed by atoms with Crippen molar-refractivity contribution in [1.82, 2.24) is 14.8 Å². The summed E-state index contributed by atoms with van der Waals surface area (Å²) in [4.78, 5) is 24.0. The van der Waals surface area contributed by atoms with Gasteiger partial charge in [-0.25, -0.2) is 4.98 Å². The molecule has 0 aliphatic carbocycles. The molecule has 0 saturated carbocycles. The average molecular weight is 371 g/mol. The fourth-order valence-electron chi connectivity index (χ4n) is 4.84. The van der Waals surface area contributed by atoms with Gasteiger partial charge in [-0.05, 0) is 49.4 Å². The molecule has 4 rings (SSSR count). The van der Waals surface area contributed by atoms with E-state index >= 15 is 0 Å². The number of hydrogen-bond donors (Lipinski definition) is 0. The molecule has 0 bridgehead atoms. The van der Waals surface area contributed by atoms with Gasteiger partial charge in [0.2, 0.25) is 5.91 Å². The van der Waals surface area contributed by atoms with Gasteiger partial charge in [0, 0.05) is 37.8 Å². The molecule has 3 fully saturated rings. The number of piperidine rings is 1. The maximum atomic E-state index is 12.6. The van der Waals surface area contributed by atoms with Gasteiger partial charge in [0.05, 0.1) is 6.54 Å². The van der Waals surface area contributed by atoms with Crippen LogP contribution >= 0.6 is 0 Å². The standard InChI is InChI=1S/C22H34N4O/c1-4-18-7-9-24(10-8-18)12-21(27)26-15-22(16-26)13-25(14-22)20-6-5-19(11-23-20)17(2)3/h5-6,11,17-18H,4,7-10,12-16H2,1-3H3. The smallest absolute Gasteiger partial charge is 0.236 e. The van der Waals surface area contributed by atoms with E-state index in [0.717, 1.165) is 51.0 Å². The summed E-state index contributed by atoms with van der Waals surface area (Å²) in [6, 6.07) is 4.33. The first-order valence-corrected chi connectivity index (χ1v) is 10.7. The van der Waals surface area contributed by atoms with Gasteiger partial charge in [-0.1, -0.05) is 33.3 Å². The molecule has 0 atom stereocenters. The van der Waals surface area contributed by atoms with Crippen molar-refractivity contribution in [1.29, 1.82) is 0 Å². The number of carbonyl (C=O) groups is 1. The summed E-state index contributed by atoms with van der Waals surface area (Å²) in [7, 11) is 0. The van der Waals surface area contributed by atoms with Crippen LogP contribution in [0.3, 0.4) is 0 Å². The lowest BCUT2D eigenvalue weighted by Crippen LogP contribution is -2.73. The number of hydrogen-bond acceptors (Lipinski definition) is 4. The highest BCUT2D eigenvalue weighted by Gasteiger charge is 2.53. The maximum absolute atomic E-state index is 12.6. The van der Waals surface area contributed by atoms with Crippen molar-refractivity contribution in [3.05, 3.63) is 23.9 Å². The largest absolute Gasteiger partial charge is 0.355 e. The van der Waals surface area contributed by atoms with Gasteiger partial charge in [-0.3, -0.25) is 9.69 Å². The van der Waals surface area contributed by atoms with Crippen LogP contribution in [0.4, 0.5) is 5.82 Å². The minimum absolute atomic E-state index is 0.323. The molecule has 5 nitrogen and oxygen atoms in total. The van der Waals surface area contributed by atoms with Gasteiger partial charge in [-0.2, -0.15) is 0 Å². The Morgan fingerprint density at radius 1 is 1.19 bits per heavy atom. The van der Waals surface area contributed by atoms with E-state index in [4.69, 9.17) is 0 Å². The summed E-state index contributed by atoms with van der Waals surface area (Å²) in [5.74, 6) is 2.79. The lowest BCUT2D eigenvalue weighted by molar-refractivity contribution is -0.146. The molecule has 5 heteroatoms. The zero-order valence-electron chi connectivity index (χ0n) is 17.2. The number of aromatic nitrogens is 1. The van der Waals surface area contributed by atoms with E-state index < -0.39 is 0 Å². The first-order valence-electron chi connectivity index (χ1n) is 10.7. The molecule has 0 aromatic carbocycles. The van der Waals surface area contributed by atoms with E-state index in [1.807, 2.05) is 6.20 Å². The molecule has 4 heterocycles. The van der Waals surface area contributed by atoms with Gasteiger partial charge < -0.3 is 9.80 Å². The van der Waals surface area contributed by atoms with Crippen LogP contribution in [0.1, 0.15) is 51.5 Å². The predicted molar refractivity (Wildman–Crippen MR) is 109 cm³/mol. The fourth-order valence-corrected chi connectivity index (χ4v) is 4.84. The molecule has 0 N–H and O–H groups in total. The van der Waals surface area contributed by atoms with Crippen LogP contribution < -0.4 is 4.90 Å². The number of pyridine rings is 1. The average Bonchev–Trinajstić information content (AvgIpc) is 2.60. The third kappa shape index (κ3) is 3.84. The summed E-state index contributed by atoms with van der Waals surface area (Å²) in [6.07, 6.45) is 5.79. The number of carbonyl (C=O) groups excluding carboxylic acids is 1. The van der Waals surface area contributed by atoms with Gasteiger partial charge in [0.15, 0.2) is 0 Å². The summed E-state index contributed by atoms with van der Waals surface area (Å²) >= 11 is 0. The van der Waals surface area contributed by atoms with Crippen molar-refractivity contribution in [3.63, 3.8) is 0 Å². The van der Waals surface area contributed by atoms with E-state index in [1.165, 1.54) is 24.8 Å². The Labute approximate surface area is 163 Å². The van der Waals surface area contributed by atoms with Crippen molar-refractivity contribution in [2.75, 3.05) is 50.7 Å². The zero-order valence-corrected chi connectivity index (χ0v) is 17.2. The Morgan fingerprint density at radius 3 is 2.44 bits per heavy atom. The van der Waals surface area contributed by atoms with Crippen LogP contribution in [0.2, 0.25) is 0 Å². The Kier molecular flexibility index (Phi) is 5.15. The van der Waals surface area contributed by atoms with E-state index in [-0.39, 0.29) is 0 Å². The van der Waals surface area contributed by atoms with Crippen molar-refractivity contribution in [2.24, 2.45) is 11.3 Å². The van der Waals surface area contributed by atoms with E-state index in [0.29, 0.717) is 23.8 Å². The molecule has 1 aromatic heterocycles. The monoisotopic (exact) mass is 370 g/mol.